The Balaban J connectivity index is 1.69. The van der Waals surface area contributed by atoms with Crippen LogP contribution >= 0.6 is 11.3 Å². The van der Waals surface area contributed by atoms with Crippen molar-refractivity contribution in [3.05, 3.63) is 22.4 Å². The molecule has 2 heterocycles. The monoisotopic (exact) mass is 296 g/mol. The molecule has 0 spiro atoms. The van der Waals surface area contributed by atoms with Gasteiger partial charge in [-0.2, -0.15) is 0 Å². The standard InChI is InChI=1S/C15H24N2O2S/c18-11-8-13-5-1-2-10-17(13)15(19)16-9-3-6-14-7-4-12-20-14/h4,7,12-13,18H,1-3,5-6,8-11H2,(H,16,19)/t13-/m1/s1. The van der Waals surface area contributed by atoms with Crippen LogP contribution in [0.1, 0.15) is 37.0 Å². The molecule has 2 N–H and O–H groups in total. The van der Waals surface area contributed by atoms with E-state index in [9.17, 15) is 4.79 Å². The van der Waals surface area contributed by atoms with Crippen LogP contribution in [0, 0.1) is 0 Å². The van der Waals surface area contributed by atoms with E-state index < -0.39 is 0 Å². The highest BCUT2D eigenvalue weighted by molar-refractivity contribution is 7.09. The van der Waals surface area contributed by atoms with E-state index in [0.29, 0.717) is 6.42 Å². The first-order valence-corrected chi connectivity index (χ1v) is 8.37. The maximum atomic E-state index is 12.2. The van der Waals surface area contributed by atoms with Crippen LogP contribution in [0.15, 0.2) is 17.5 Å². The molecule has 0 aliphatic carbocycles. The molecule has 0 aromatic carbocycles. The van der Waals surface area contributed by atoms with Gasteiger partial charge in [-0.15, -0.1) is 11.3 Å². The summed E-state index contributed by atoms with van der Waals surface area (Å²) in [4.78, 5) is 15.5. The minimum absolute atomic E-state index is 0.0364. The van der Waals surface area contributed by atoms with Gasteiger partial charge in [-0.05, 0) is 50.0 Å². The predicted octanol–water partition coefficient (Wildman–Crippen LogP) is 2.63. The number of aliphatic hydroxyl groups is 1. The lowest BCUT2D eigenvalue weighted by Crippen LogP contribution is -2.49. The van der Waals surface area contributed by atoms with Gasteiger partial charge >= 0.3 is 6.03 Å². The second-order valence-corrected chi connectivity index (χ2v) is 6.30. The Morgan fingerprint density at radius 2 is 2.40 bits per heavy atom. The number of nitrogens with one attached hydrogen (secondary N) is 1. The zero-order chi connectivity index (χ0) is 14.2. The number of thiophene rings is 1. The van der Waals surface area contributed by atoms with Crippen molar-refractivity contribution in [1.29, 1.82) is 0 Å². The van der Waals surface area contributed by atoms with Gasteiger partial charge in [-0.3, -0.25) is 0 Å². The van der Waals surface area contributed by atoms with Gasteiger partial charge < -0.3 is 15.3 Å². The molecule has 112 valence electrons. The summed E-state index contributed by atoms with van der Waals surface area (Å²) in [5.74, 6) is 0. The molecule has 4 nitrogen and oxygen atoms in total. The van der Waals surface area contributed by atoms with Crippen LogP contribution in [0.3, 0.4) is 0 Å². The molecule has 1 aliphatic heterocycles. The van der Waals surface area contributed by atoms with Gasteiger partial charge in [-0.1, -0.05) is 6.07 Å². The van der Waals surface area contributed by atoms with Crippen molar-refractivity contribution in [3.8, 4) is 0 Å². The molecular formula is C15H24N2O2S. The molecule has 20 heavy (non-hydrogen) atoms. The number of aryl methyl sites for hydroxylation is 1. The number of carbonyl (C=O) groups excluding carboxylic acids is 1. The molecule has 1 aromatic rings. The molecule has 1 saturated heterocycles. The highest BCUT2D eigenvalue weighted by Gasteiger charge is 2.25. The average Bonchev–Trinajstić information content (AvgIpc) is 2.97. The van der Waals surface area contributed by atoms with E-state index in [1.165, 1.54) is 4.88 Å². The first kappa shape index (κ1) is 15.3. The second kappa shape index (κ2) is 8.27. The van der Waals surface area contributed by atoms with Crippen LogP contribution in [-0.2, 0) is 6.42 Å². The third-order valence-corrected chi connectivity index (χ3v) is 4.74. The van der Waals surface area contributed by atoms with E-state index in [2.05, 4.69) is 22.8 Å². The van der Waals surface area contributed by atoms with Gasteiger partial charge in [0.15, 0.2) is 0 Å². The summed E-state index contributed by atoms with van der Waals surface area (Å²) in [6.07, 6.45) is 5.95. The number of rotatable bonds is 6. The van der Waals surface area contributed by atoms with Crippen LogP contribution in [0.4, 0.5) is 4.79 Å². The molecule has 0 saturated carbocycles. The van der Waals surface area contributed by atoms with Crippen molar-refractivity contribution in [1.82, 2.24) is 10.2 Å². The summed E-state index contributed by atoms with van der Waals surface area (Å²) in [5, 5.41) is 14.2. The van der Waals surface area contributed by atoms with Crippen LogP contribution in [0.2, 0.25) is 0 Å². The molecule has 1 aliphatic rings. The number of urea groups is 1. The number of likely N-dealkylation sites (tertiary alicyclic amines) is 1. The zero-order valence-electron chi connectivity index (χ0n) is 11.9. The molecular weight excluding hydrogens is 272 g/mol. The lowest BCUT2D eigenvalue weighted by molar-refractivity contribution is 0.132. The Labute approximate surface area is 124 Å². The number of hydrogen-bond donors (Lipinski definition) is 2. The van der Waals surface area contributed by atoms with Crippen molar-refractivity contribution < 1.29 is 9.90 Å². The minimum atomic E-state index is 0.0364. The molecule has 1 aromatic heterocycles. The normalized spacial score (nSPS) is 19.1. The van der Waals surface area contributed by atoms with Crippen LogP contribution in [-0.4, -0.2) is 41.8 Å². The SMILES string of the molecule is O=C(NCCCc1cccs1)N1CCCC[C@@H]1CCO. The van der Waals surface area contributed by atoms with E-state index in [1.54, 1.807) is 11.3 Å². The summed E-state index contributed by atoms with van der Waals surface area (Å²) in [6, 6.07) is 4.44. The summed E-state index contributed by atoms with van der Waals surface area (Å²) in [6.45, 7) is 1.70. The third kappa shape index (κ3) is 4.49. The van der Waals surface area contributed by atoms with Gasteiger partial charge in [0.25, 0.3) is 0 Å². The third-order valence-electron chi connectivity index (χ3n) is 3.81. The predicted molar refractivity (Wildman–Crippen MR) is 82.1 cm³/mol. The number of amides is 2. The number of aliphatic hydroxyl groups excluding tert-OH is 1. The Bertz CT molecular complexity index is 393. The number of nitrogens with zero attached hydrogens (tertiary/aromatic N) is 1. The fraction of sp³-hybridized carbons (Fsp3) is 0.667. The van der Waals surface area contributed by atoms with E-state index in [0.717, 1.165) is 45.2 Å². The average molecular weight is 296 g/mol. The van der Waals surface area contributed by atoms with Gasteiger partial charge in [0.2, 0.25) is 0 Å². The first-order valence-electron chi connectivity index (χ1n) is 7.49. The van der Waals surface area contributed by atoms with Crippen molar-refractivity contribution in [2.45, 2.75) is 44.6 Å². The highest BCUT2D eigenvalue weighted by atomic mass is 32.1. The van der Waals surface area contributed by atoms with E-state index in [1.807, 2.05) is 4.90 Å². The molecule has 2 amide bonds. The van der Waals surface area contributed by atoms with E-state index in [4.69, 9.17) is 5.11 Å². The summed E-state index contributed by atoms with van der Waals surface area (Å²) < 4.78 is 0. The minimum Gasteiger partial charge on any atom is -0.396 e. The van der Waals surface area contributed by atoms with Gasteiger partial charge in [0, 0.05) is 30.6 Å². The molecule has 0 radical (unpaired) electrons. The summed E-state index contributed by atoms with van der Waals surface area (Å²) in [5.41, 5.74) is 0. The van der Waals surface area contributed by atoms with Crippen molar-refractivity contribution in [2.75, 3.05) is 19.7 Å². The van der Waals surface area contributed by atoms with Crippen LogP contribution < -0.4 is 5.32 Å². The molecule has 1 atom stereocenters. The lowest BCUT2D eigenvalue weighted by atomic mass is 10.0. The smallest absolute Gasteiger partial charge is 0.317 e. The fourth-order valence-electron chi connectivity index (χ4n) is 2.73. The van der Waals surface area contributed by atoms with Gasteiger partial charge in [-0.25, -0.2) is 4.79 Å². The Hall–Kier alpha value is -1.07. The number of piperidine rings is 1. The van der Waals surface area contributed by atoms with Crippen molar-refractivity contribution in [2.24, 2.45) is 0 Å². The Morgan fingerprint density at radius 1 is 1.50 bits per heavy atom. The molecule has 1 fully saturated rings. The molecule has 0 unspecified atom stereocenters. The fourth-order valence-corrected chi connectivity index (χ4v) is 3.48. The first-order chi connectivity index (χ1) is 9.81. The lowest BCUT2D eigenvalue weighted by Gasteiger charge is -2.35. The van der Waals surface area contributed by atoms with Crippen molar-refractivity contribution >= 4 is 17.4 Å². The Kier molecular flexibility index (Phi) is 6.33. The topological polar surface area (TPSA) is 52.6 Å². The second-order valence-electron chi connectivity index (χ2n) is 5.27. The molecule has 0 bridgehead atoms. The number of carbonyl (C=O) groups is 1. The summed E-state index contributed by atoms with van der Waals surface area (Å²) in [7, 11) is 0. The van der Waals surface area contributed by atoms with E-state index in [-0.39, 0.29) is 18.7 Å². The molecule has 5 heteroatoms. The summed E-state index contributed by atoms with van der Waals surface area (Å²) >= 11 is 1.77. The van der Waals surface area contributed by atoms with Crippen molar-refractivity contribution in [3.63, 3.8) is 0 Å². The maximum Gasteiger partial charge on any atom is 0.317 e. The number of hydrogen-bond acceptors (Lipinski definition) is 3. The van der Waals surface area contributed by atoms with Gasteiger partial charge in [0.05, 0.1) is 0 Å². The van der Waals surface area contributed by atoms with E-state index >= 15 is 0 Å². The van der Waals surface area contributed by atoms with Crippen LogP contribution in [0.25, 0.3) is 0 Å². The van der Waals surface area contributed by atoms with Crippen LogP contribution in [0.5, 0.6) is 0 Å². The zero-order valence-corrected chi connectivity index (χ0v) is 12.7. The van der Waals surface area contributed by atoms with Gasteiger partial charge in [0.1, 0.15) is 0 Å². The largest absolute Gasteiger partial charge is 0.396 e. The quantitative estimate of drug-likeness (QED) is 0.793. The highest BCUT2D eigenvalue weighted by Crippen LogP contribution is 2.19. The maximum absolute atomic E-state index is 12.2. The molecule has 2 rings (SSSR count). The Morgan fingerprint density at radius 3 is 3.15 bits per heavy atom.